The molecule has 140 valence electrons. The monoisotopic (exact) mass is 372 g/mol. The lowest BCUT2D eigenvalue weighted by molar-refractivity contribution is 0.0919. The SMILES string of the molecule is COc1cccc(OC)c1C(=O)N[C@H]1COC[C@H]1CS(=O)(=O)N(C)C. The van der Waals surface area contributed by atoms with Gasteiger partial charge < -0.3 is 19.5 Å². The third-order valence-electron chi connectivity index (χ3n) is 4.15. The topological polar surface area (TPSA) is 94.2 Å². The number of benzene rings is 1. The maximum atomic E-state index is 12.7. The molecule has 25 heavy (non-hydrogen) atoms. The lowest BCUT2D eigenvalue weighted by atomic mass is 10.1. The zero-order valence-corrected chi connectivity index (χ0v) is 15.6. The summed E-state index contributed by atoms with van der Waals surface area (Å²) in [6.45, 7) is 0.540. The number of amides is 1. The largest absolute Gasteiger partial charge is 0.496 e. The summed E-state index contributed by atoms with van der Waals surface area (Å²) >= 11 is 0. The minimum atomic E-state index is -3.39. The third-order valence-corrected chi connectivity index (χ3v) is 6.11. The standard InChI is InChI=1S/C16H24N2O6S/c1-18(2)25(20,21)10-11-8-24-9-12(11)17-16(19)15-13(22-3)6-5-7-14(15)23-4/h5-7,11-12H,8-10H2,1-4H3,(H,17,19)/t11-,12-/m0/s1. The van der Waals surface area contributed by atoms with E-state index in [1.165, 1.54) is 32.6 Å². The molecule has 1 amide bonds. The van der Waals surface area contributed by atoms with Crippen LogP contribution in [0.3, 0.4) is 0 Å². The summed E-state index contributed by atoms with van der Waals surface area (Å²) in [7, 11) is 2.52. The van der Waals surface area contributed by atoms with Gasteiger partial charge in [0.15, 0.2) is 0 Å². The molecule has 8 nitrogen and oxygen atoms in total. The molecule has 1 aromatic carbocycles. The van der Waals surface area contributed by atoms with Crippen LogP contribution in [-0.4, -0.2) is 72.0 Å². The summed E-state index contributed by atoms with van der Waals surface area (Å²) in [5, 5.41) is 2.85. The van der Waals surface area contributed by atoms with Crippen LogP contribution in [0.15, 0.2) is 18.2 Å². The summed E-state index contributed by atoms with van der Waals surface area (Å²) in [5.74, 6) is -0.0378. The Bertz CT molecular complexity index is 697. The Morgan fingerprint density at radius 3 is 2.36 bits per heavy atom. The zero-order valence-electron chi connectivity index (χ0n) is 14.8. The highest BCUT2D eigenvalue weighted by molar-refractivity contribution is 7.89. The van der Waals surface area contributed by atoms with Crippen LogP contribution in [0.1, 0.15) is 10.4 Å². The molecule has 0 aliphatic carbocycles. The molecule has 1 saturated heterocycles. The highest BCUT2D eigenvalue weighted by Crippen LogP contribution is 2.28. The Labute approximate surface area is 148 Å². The molecule has 2 atom stereocenters. The second kappa shape index (κ2) is 8.03. The van der Waals surface area contributed by atoms with E-state index in [1.54, 1.807) is 18.2 Å². The molecule has 0 radical (unpaired) electrons. The molecular weight excluding hydrogens is 348 g/mol. The molecule has 1 N–H and O–H groups in total. The number of ether oxygens (including phenoxy) is 3. The summed E-state index contributed by atoms with van der Waals surface area (Å²) in [5.41, 5.74) is 0.272. The molecule has 1 aliphatic rings. The Balaban J connectivity index is 2.17. The minimum Gasteiger partial charge on any atom is -0.496 e. The van der Waals surface area contributed by atoms with Crippen molar-refractivity contribution in [2.75, 3.05) is 47.3 Å². The lowest BCUT2D eigenvalue weighted by Crippen LogP contribution is -2.43. The molecule has 1 aromatic rings. The van der Waals surface area contributed by atoms with E-state index in [9.17, 15) is 13.2 Å². The van der Waals surface area contributed by atoms with Crippen LogP contribution in [0.2, 0.25) is 0 Å². The van der Waals surface area contributed by atoms with E-state index in [0.717, 1.165) is 0 Å². The number of rotatable bonds is 7. The van der Waals surface area contributed by atoms with Crippen molar-refractivity contribution in [3.8, 4) is 11.5 Å². The molecule has 2 rings (SSSR count). The Morgan fingerprint density at radius 1 is 1.24 bits per heavy atom. The predicted molar refractivity (Wildman–Crippen MR) is 92.6 cm³/mol. The number of nitrogens with zero attached hydrogens (tertiary/aromatic N) is 1. The highest BCUT2D eigenvalue weighted by atomic mass is 32.2. The Morgan fingerprint density at radius 2 is 1.84 bits per heavy atom. The van der Waals surface area contributed by atoms with Gasteiger partial charge >= 0.3 is 0 Å². The van der Waals surface area contributed by atoms with Crippen LogP contribution in [0.4, 0.5) is 0 Å². The second-order valence-electron chi connectivity index (χ2n) is 5.98. The first-order valence-electron chi connectivity index (χ1n) is 7.80. The van der Waals surface area contributed by atoms with Crippen LogP contribution in [0.25, 0.3) is 0 Å². The van der Waals surface area contributed by atoms with Crippen molar-refractivity contribution in [2.45, 2.75) is 6.04 Å². The summed E-state index contributed by atoms with van der Waals surface area (Å²) < 4.78 is 41.2. The number of hydrogen-bond donors (Lipinski definition) is 1. The maximum Gasteiger partial charge on any atom is 0.259 e. The molecule has 0 aromatic heterocycles. The van der Waals surface area contributed by atoms with E-state index in [1.807, 2.05) is 0 Å². The molecule has 0 spiro atoms. The van der Waals surface area contributed by atoms with Crippen molar-refractivity contribution in [2.24, 2.45) is 5.92 Å². The van der Waals surface area contributed by atoms with Gasteiger partial charge in [0.25, 0.3) is 5.91 Å². The van der Waals surface area contributed by atoms with Crippen LogP contribution in [0, 0.1) is 5.92 Å². The molecule has 1 aliphatic heterocycles. The van der Waals surface area contributed by atoms with E-state index in [0.29, 0.717) is 11.5 Å². The molecule has 9 heteroatoms. The van der Waals surface area contributed by atoms with Crippen LogP contribution >= 0.6 is 0 Å². The maximum absolute atomic E-state index is 12.7. The Kier molecular flexibility index (Phi) is 6.26. The quantitative estimate of drug-likeness (QED) is 0.742. The van der Waals surface area contributed by atoms with E-state index in [2.05, 4.69) is 5.32 Å². The molecule has 0 unspecified atom stereocenters. The fourth-order valence-corrected chi connectivity index (χ4v) is 3.83. The number of sulfonamides is 1. The van der Waals surface area contributed by atoms with Crippen molar-refractivity contribution in [3.05, 3.63) is 23.8 Å². The van der Waals surface area contributed by atoms with E-state index in [-0.39, 0.29) is 30.4 Å². The van der Waals surface area contributed by atoms with Crippen LogP contribution < -0.4 is 14.8 Å². The molecule has 1 fully saturated rings. The average Bonchev–Trinajstić information content (AvgIpc) is 2.99. The van der Waals surface area contributed by atoms with Gasteiger partial charge in [0, 0.05) is 20.0 Å². The van der Waals surface area contributed by atoms with Gasteiger partial charge in [0.2, 0.25) is 10.0 Å². The minimum absolute atomic E-state index is 0.0893. The van der Waals surface area contributed by atoms with Gasteiger partial charge in [-0.2, -0.15) is 0 Å². The van der Waals surface area contributed by atoms with Gasteiger partial charge in [-0.1, -0.05) is 6.07 Å². The number of carbonyl (C=O) groups is 1. The van der Waals surface area contributed by atoms with Gasteiger partial charge in [-0.25, -0.2) is 12.7 Å². The van der Waals surface area contributed by atoms with Crippen molar-refractivity contribution < 1.29 is 27.4 Å². The zero-order chi connectivity index (χ0) is 18.6. The van der Waals surface area contributed by atoms with Crippen molar-refractivity contribution in [1.82, 2.24) is 9.62 Å². The van der Waals surface area contributed by atoms with Gasteiger partial charge in [0.1, 0.15) is 17.1 Å². The predicted octanol–water partition coefficient (Wildman–Crippen LogP) is 0.340. The van der Waals surface area contributed by atoms with Crippen molar-refractivity contribution in [1.29, 1.82) is 0 Å². The number of carbonyl (C=O) groups excluding carboxylic acids is 1. The van der Waals surface area contributed by atoms with Crippen LogP contribution in [-0.2, 0) is 14.8 Å². The normalized spacial score (nSPS) is 20.5. The van der Waals surface area contributed by atoms with Gasteiger partial charge in [0.05, 0.1) is 39.2 Å². The van der Waals surface area contributed by atoms with Crippen molar-refractivity contribution in [3.63, 3.8) is 0 Å². The summed E-state index contributed by atoms with van der Waals surface area (Å²) in [6.07, 6.45) is 0. The van der Waals surface area contributed by atoms with Gasteiger partial charge in [-0.15, -0.1) is 0 Å². The first-order chi connectivity index (χ1) is 11.8. The number of hydrogen-bond acceptors (Lipinski definition) is 6. The fourth-order valence-electron chi connectivity index (χ4n) is 2.66. The van der Waals surface area contributed by atoms with Gasteiger partial charge in [-0.05, 0) is 12.1 Å². The van der Waals surface area contributed by atoms with Crippen LogP contribution in [0.5, 0.6) is 11.5 Å². The fraction of sp³-hybridized carbons (Fsp3) is 0.562. The van der Waals surface area contributed by atoms with Gasteiger partial charge in [-0.3, -0.25) is 4.79 Å². The molecule has 1 heterocycles. The summed E-state index contributed by atoms with van der Waals surface area (Å²) in [6, 6.07) is 4.64. The second-order valence-corrected chi connectivity index (χ2v) is 8.20. The van der Waals surface area contributed by atoms with E-state index >= 15 is 0 Å². The molecule has 0 saturated carbocycles. The number of nitrogens with one attached hydrogen (secondary N) is 1. The van der Waals surface area contributed by atoms with Crippen molar-refractivity contribution >= 4 is 15.9 Å². The third kappa shape index (κ3) is 4.42. The lowest BCUT2D eigenvalue weighted by Gasteiger charge is -2.22. The smallest absolute Gasteiger partial charge is 0.259 e. The summed E-state index contributed by atoms with van der Waals surface area (Å²) in [4.78, 5) is 12.7. The Hall–Kier alpha value is -1.84. The average molecular weight is 372 g/mol. The molecule has 0 bridgehead atoms. The van der Waals surface area contributed by atoms with E-state index in [4.69, 9.17) is 14.2 Å². The first-order valence-corrected chi connectivity index (χ1v) is 9.41. The van der Waals surface area contributed by atoms with E-state index < -0.39 is 22.0 Å². The number of methoxy groups -OCH3 is 2. The molecular formula is C16H24N2O6S. The highest BCUT2D eigenvalue weighted by Gasteiger charge is 2.35. The first kappa shape index (κ1) is 19.5.